The van der Waals surface area contributed by atoms with Gasteiger partial charge in [0.15, 0.2) is 5.15 Å². The van der Waals surface area contributed by atoms with E-state index in [0.717, 1.165) is 25.7 Å². The highest BCUT2D eigenvalue weighted by molar-refractivity contribution is 6.29. The van der Waals surface area contributed by atoms with E-state index in [9.17, 15) is 0 Å². The van der Waals surface area contributed by atoms with E-state index in [0.29, 0.717) is 11.5 Å². The molecule has 0 saturated carbocycles. The van der Waals surface area contributed by atoms with Crippen molar-refractivity contribution in [1.29, 1.82) is 0 Å². The van der Waals surface area contributed by atoms with Gasteiger partial charge in [-0.25, -0.2) is 0 Å². The Morgan fingerprint density at radius 3 is 2.47 bits per heavy atom. The van der Waals surface area contributed by atoms with E-state index in [1.54, 1.807) is 0 Å². The van der Waals surface area contributed by atoms with E-state index in [1.165, 1.54) is 6.07 Å². The van der Waals surface area contributed by atoms with Gasteiger partial charge in [0.05, 0.1) is 11.7 Å². The van der Waals surface area contributed by atoms with Gasteiger partial charge in [-0.1, -0.05) is 38.3 Å². The maximum atomic E-state index is 5.71. The monoisotopic (exact) mass is 255 g/mol. The summed E-state index contributed by atoms with van der Waals surface area (Å²) in [5.74, 6) is 0.339. The molecule has 0 bridgehead atoms. The first-order valence-corrected chi connectivity index (χ1v) is 6.24. The number of hydrogen-bond donors (Lipinski definition) is 1. The minimum Gasteiger partial charge on any atom is -0.395 e. The van der Waals surface area contributed by atoms with Crippen LogP contribution in [0.5, 0.6) is 0 Å². The van der Waals surface area contributed by atoms with Gasteiger partial charge < -0.3 is 5.73 Å². The number of azo groups is 1. The lowest BCUT2D eigenvalue weighted by atomic mass is 10.1. The molecule has 0 amide bonds. The van der Waals surface area contributed by atoms with Crippen LogP contribution in [0, 0.1) is 0 Å². The zero-order valence-electron chi connectivity index (χ0n) is 10.2. The fraction of sp³-hybridized carbons (Fsp3) is 0.636. The quantitative estimate of drug-likeness (QED) is 0.786. The molecular formula is C11H18ClN5. The van der Waals surface area contributed by atoms with Crippen molar-refractivity contribution in [2.24, 2.45) is 10.2 Å². The van der Waals surface area contributed by atoms with Gasteiger partial charge in [0.2, 0.25) is 5.82 Å². The van der Waals surface area contributed by atoms with Gasteiger partial charge in [-0.3, -0.25) is 0 Å². The molecule has 1 aromatic heterocycles. The van der Waals surface area contributed by atoms with Crippen LogP contribution in [-0.4, -0.2) is 16.2 Å². The molecule has 0 atom stereocenters. The van der Waals surface area contributed by atoms with E-state index < -0.39 is 0 Å². The number of aromatic nitrogens is 2. The van der Waals surface area contributed by atoms with Crippen LogP contribution in [0.4, 0.5) is 11.5 Å². The molecule has 0 aromatic carbocycles. The fourth-order valence-corrected chi connectivity index (χ4v) is 1.67. The molecule has 2 N–H and O–H groups in total. The van der Waals surface area contributed by atoms with Crippen molar-refractivity contribution in [2.75, 3.05) is 5.73 Å². The second kappa shape index (κ2) is 7.17. The number of anilines is 1. The molecule has 0 unspecified atom stereocenters. The summed E-state index contributed by atoms with van der Waals surface area (Å²) in [5, 5.41) is 16.1. The van der Waals surface area contributed by atoms with Gasteiger partial charge in [-0.15, -0.1) is 15.3 Å². The van der Waals surface area contributed by atoms with E-state index >= 15 is 0 Å². The summed E-state index contributed by atoms with van der Waals surface area (Å²) < 4.78 is 0. The average molecular weight is 256 g/mol. The summed E-state index contributed by atoms with van der Waals surface area (Å²) >= 11 is 5.65. The molecule has 5 nitrogen and oxygen atoms in total. The van der Waals surface area contributed by atoms with Gasteiger partial charge in [-0.05, 0) is 12.8 Å². The summed E-state index contributed by atoms with van der Waals surface area (Å²) in [5.41, 5.74) is 6.12. The lowest BCUT2D eigenvalue weighted by Crippen LogP contribution is -2.02. The number of hydrogen-bond acceptors (Lipinski definition) is 5. The third-order valence-corrected chi connectivity index (χ3v) is 2.52. The van der Waals surface area contributed by atoms with Crippen molar-refractivity contribution in [3.8, 4) is 0 Å². The lowest BCUT2D eigenvalue weighted by molar-refractivity contribution is 0.536. The van der Waals surface area contributed by atoms with Crippen LogP contribution in [0.25, 0.3) is 0 Å². The topological polar surface area (TPSA) is 76.5 Å². The molecule has 0 fully saturated rings. The van der Waals surface area contributed by atoms with Crippen LogP contribution in [-0.2, 0) is 0 Å². The predicted octanol–water partition coefficient (Wildman–Crippen LogP) is 3.76. The predicted molar refractivity (Wildman–Crippen MR) is 69.6 cm³/mol. The summed E-state index contributed by atoms with van der Waals surface area (Å²) in [4.78, 5) is 0. The van der Waals surface area contributed by atoms with Crippen LogP contribution < -0.4 is 5.73 Å². The smallest absolute Gasteiger partial charge is 0.218 e. The van der Waals surface area contributed by atoms with Crippen molar-refractivity contribution >= 4 is 23.1 Å². The summed E-state index contributed by atoms with van der Waals surface area (Å²) in [7, 11) is 0. The Morgan fingerprint density at radius 1 is 1.29 bits per heavy atom. The first kappa shape index (κ1) is 13.8. The molecule has 0 aliphatic heterocycles. The van der Waals surface area contributed by atoms with Crippen LogP contribution in [0.15, 0.2) is 16.3 Å². The Balaban J connectivity index is 2.73. The van der Waals surface area contributed by atoms with Gasteiger partial charge in [0.1, 0.15) is 0 Å². The Morgan fingerprint density at radius 2 is 1.94 bits per heavy atom. The second-order valence-electron chi connectivity index (χ2n) is 3.89. The SMILES string of the molecule is CCCC(CCC)N=Nc1nnc(Cl)cc1N. The highest BCUT2D eigenvalue weighted by Gasteiger charge is 2.06. The number of rotatable bonds is 6. The van der Waals surface area contributed by atoms with Gasteiger partial charge in [0.25, 0.3) is 0 Å². The minimum absolute atomic E-state index is 0.238. The van der Waals surface area contributed by atoms with E-state index in [1.807, 2.05) is 0 Å². The molecular weight excluding hydrogens is 238 g/mol. The van der Waals surface area contributed by atoms with Crippen molar-refractivity contribution in [3.63, 3.8) is 0 Å². The molecule has 94 valence electrons. The van der Waals surface area contributed by atoms with Crippen molar-refractivity contribution in [1.82, 2.24) is 10.2 Å². The summed E-state index contributed by atoms with van der Waals surface area (Å²) in [6.45, 7) is 4.27. The van der Waals surface area contributed by atoms with Crippen molar-refractivity contribution < 1.29 is 0 Å². The number of halogens is 1. The molecule has 0 aliphatic rings. The van der Waals surface area contributed by atoms with Crippen molar-refractivity contribution in [3.05, 3.63) is 11.2 Å². The van der Waals surface area contributed by atoms with Gasteiger partial charge >= 0.3 is 0 Å². The fourth-order valence-electron chi connectivity index (χ4n) is 1.51. The normalized spacial score (nSPS) is 11.5. The Labute approximate surface area is 106 Å². The third kappa shape index (κ3) is 4.65. The van der Waals surface area contributed by atoms with Crippen LogP contribution >= 0.6 is 11.6 Å². The van der Waals surface area contributed by atoms with E-state index in [-0.39, 0.29) is 11.2 Å². The molecule has 17 heavy (non-hydrogen) atoms. The number of nitrogens with zero attached hydrogens (tertiary/aromatic N) is 4. The number of nitrogen functional groups attached to an aromatic ring is 1. The average Bonchev–Trinajstić information content (AvgIpc) is 2.28. The highest BCUT2D eigenvalue weighted by Crippen LogP contribution is 2.21. The number of nitrogens with two attached hydrogens (primary N) is 1. The van der Waals surface area contributed by atoms with Gasteiger partial charge in [0, 0.05) is 6.07 Å². The molecule has 0 aliphatic carbocycles. The first-order valence-electron chi connectivity index (χ1n) is 5.86. The largest absolute Gasteiger partial charge is 0.395 e. The second-order valence-corrected chi connectivity index (χ2v) is 4.28. The third-order valence-electron chi connectivity index (χ3n) is 2.33. The molecule has 6 heteroatoms. The van der Waals surface area contributed by atoms with Gasteiger partial charge in [-0.2, -0.15) is 5.11 Å². The maximum Gasteiger partial charge on any atom is 0.218 e. The van der Waals surface area contributed by atoms with Crippen LogP contribution in [0.2, 0.25) is 5.15 Å². The summed E-state index contributed by atoms with van der Waals surface area (Å²) in [6.07, 6.45) is 4.23. The van der Waals surface area contributed by atoms with E-state index in [4.69, 9.17) is 17.3 Å². The van der Waals surface area contributed by atoms with Crippen LogP contribution in [0.3, 0.4) is 0 Å². The first-order chi connectivity index (χ1) is 8.17. The molecule has 0 spiro atoms. The molecule has 1 aromatic rings. The molecule has 1 heterocycles. The summed E-state index contributed by atoms with van der Waals surface area (Å²) in [6, 6.07) is 1.76. The Kier molecular flexibility index (Phi) is 5.83. The molecule has 1 rings (SSSR count). The standard InChI is InChI=1S/C11H18ClN5/c1-3-5-8(6-4-2)14-16-11-9(13)7-10(12)15-17-11/h7-8H,3-6H2,1-2H3,(H2,13,15). The van der Waals surface area contributed by atoms with Crippen LogP contribution in [0.1, 0.15) is 39.5 Å². The Bertz CT molecular complexity index is 374. The molecule has 0 radical (unpaired) electrons. The zero-order valence-corrected chi connectivity index (χ0v) is 11.0. The lowest BCUT2D eigenvalue weighted by Gasteiger charge is -2.07. The minimum atomic E-state index is 0.238. The van der Waals surface area contributed by atoms with E-state index in [2.05, 4.69) is 34.3 Å². The maximum absolute atomic E-state index is 5.71. The van der Waals surface area contributed by atoms with Crippen molar-refractivity contribution in [2.45, 2.75) is 45.6 Å². The highest BCUT2D eigenvalue weighted by atomic mass is 35.5. The molecule has 0 saturated heterocycles. The Hall–Kier alpha value is -1.23. The zero-order chi connectivity index (χ0) is 12.7.